The number of ether oxygens (including phenoxy) is 1. The Kier molecular flexibility index (Phi) is 5.12. The number of anilines is 1. The van der Waals surface area contributed by atoms with E-state index in [1.54, 1.807) is 25.1 Å². The van der Waals surface area contributed by atoms with Crippen molar-refractivity contribution in [3.63, 3.8) is 0 Å². The van der Waals surface area contributed by atoms with Crippen molar-refractivity contribution in [1.29, 1.82) is 0 Å². The number of rotatable bonds is 6. The van der Waals surface area contributed by atoms with Crippen molar-refractivity contribution < 1.29 is 23.1 Å². The Bertz CT molecular complexity index is 836. The fourth-order valence-electron chi connectivity index (χ4n) is 1.86. The lowest BCUT2D eigenvalue weighted by atomic mass is 10.2. The van der Waals surface area contributed by atoms with Gasteiger partial charge in [0.25, 0.3) is 10.0 Å². The molecule has 2 aromatic rings. The minimum Gasteiger partial charge on any atom is -0.545 e. The molecule has 2 aromatic carbocycles. The number of para-hydroxylation sites is 2. The summed E-state index contributed by atoms with van der Waals surface area (Å²) in [5, 5.41) is 10.9. The van der Waals surface area contributed by atoms with E-state index in [2.05, 4.69) is 4.72 Å². The lowest BCUT2D eigenvalue weighted by molar-refractivity contribution is -0.255. The molecule has 6 nitrogen and oxygen atoms in total. The van der Waals surface area contributed by atoms with Crippen LogP contribution in [-0.2, 0) is 10.0 Å². The predicted octanol–water partition coefficient (Wildman–Crippen LogP) is 1.90. The summed E-state index contributed by atoms with van der Waals surface area (Å²) in [5.74, 6) is -1.19. The zero-order chi connectivity index (χ0) is 17.0. The van der Waals surface area contributed by atoms with Crippen molar-refractivity contribution in [2.24, 2.45) is 0 Å². The van der Waals surface area contributed by atoms with Gasteiger partial charge in [-0.2, -0.15) is 0 Å². The largest absolute Gasteiger partial charge is 0.545 e. The van der Waals surface area contributed by atoms with E-state index in [0.717, 1.165) is 6.07 Å². The van der Waals surface area contributed by atoms with E-state index in [-0.39, 0.29) is 15.6 Å². The molecule has 0 saturated heterocycles. The molecule has 0 aliphatic rings. The van der Waals surface area contributed by atoms with E-state index in [4.69, 9.17) is 16.3 Å². The first-order valence-corrected chi connectivity index (χ1v) is 8.47. The molecule has 0 saturated carbocycles. The van der Waals surface area contributed by atoms with Gasteiger partial charge in [0.05, 0.1) is 23.2 Å². The maximum Gasteiger partial charge on any atom is 0.262 e. The lowest BCUT2D eigenvalue weighted by Crippen LogP contribution is -2.23. The SMILES string of the molecule is CCOc1ccccc1NS(=O)(=O)c1ccc(Cl)c(C(=O)[O-])c1. The number of hydrogen-bond donors (Lipinski definition) is 1. The number of halogens is 1. The van der Waals surface area contributed by atoms with Crippen LogP contribution in [0.25, 0.3) is 0 Å². The first-order chi connectivity index (χ1) is 10.8. The molecule has 0 bridgehead atoms. The van der Waals surface area contributed by atoms with E-state index in [1.807, 2.05) is 0 Å². The molecule has 8 heteroatoms. The molecule has 122 valence electrons. The summed E-state index contributed by atoms with van der Waals surface area (Å²) >= 11 is 5.71. The van der Waals surface area contributed by atoms with Gasteiger partial charge in [0.15, 0.2) is 0 Å². The summed E-state index contributed by atoms with van der Waals surface area (Å²) in [6.07, 6.45) is 0. The van der Waals surface area contributed by atoms with E-state index in [1.165, 1.54) is 18.2 Å². The van der Waals surface area contributed by atoms with Crippen molar-refractivity contribution in [2.75, 3.05) is 11.3 Å². The van der Waals surface area contributed by atoms with Crippen molar-refractivity contribution >= 4 is 33.3 Å². The second kappa shape index (κ2) is 6.89. The molecule has 1 N–H and O–H groups in total. The lowest BCUT2D eigenvalue weighted by Gasteiger charge is -2.14. The van der Waals surface area contributed by atoms with Gasteiger partial charge in [-0.1, -0.05) is 23.7 Å². The van der Waals surface area contributed by atoms with E-state index < -0.39 is 21.6 Å². The molecule has 0 radical (unpaired) electrons. The number of hydrogen-bond acceptors (Lipinski definition) is 5. The highest BCUT2D eigenvalue weighted by atomic mass is 35.5. The normalized spacial score (nSPS) is 11.0. The van der Waals surface area contributed by atoms with Crippen molar-refractivity contribution in [2.45, 2.75) is 11.8 Å². The Balaban J connectivity index is 2.40. The van der Waals surface area contributed by atoms with Crippen LogP contribution in [0.1, 0.15) is 17.3 Å². The van der Waals surface area contributed by atoms with Crippen LogP contribution in [0.4, 0.5) is 5.69 Å². The van der Waals surface area contributed by atoms with Gasteiger partial charge in [-0.15, -0.1) is 0 Å². The molecule has 0 aromatic heterocycles. The maximum atomic E-state index is 12.4. The standard InChI is InChI=1S/C15H14ClNO5S/c1-2-22-14-6-4-3-5-13(14)17-23(20,21)10-7-8-12(16)11(9-10)15(18)19/h3-9,17H,2H2,1H3,(H,18,19)/p-1. The summed E-state index contributed by atoms with van der Waals surface area (Å²) in [7, 11) is -4.01. The molecular formula is C15H13ClNO5S-. The van der Waals surface area contributed by atoms with Crippen LogP contribution in [0.2, 0.25) is 5.02 Å². The summed E-state index contributed by atoms with van der Waals surface area (Å²) in [4.78, 5) is 10.7. The molecule has 0 fully saturated rings. The van der Waals surface area contributed by atoms with E-state index >= 15 is 0 Å². The van der Waals surface area contributed by atoms with Gasteiger partial charge in [0.1, 0.15) is 5.75 Å². The number of carboxylic acid groups (broad SMARTS) is 1. The number of carbonyl (C=O) groups is 1. The van der Waals surface area contributed by atoms with Crippen LogP contribution >= 0.6 is 11.6 Å². The Morgan fingerprint density at radius 3 is 2.61 bits per heavy atom. The molecule has 0 amide bonds. The number of aromatic carboxylic acids is 1. The van der Waals surface area contributed by atoms with Crippen LogP contribution in [-0.4, -0.2) is 21.0 Å². The summed E-state index contributed by atoms with van der Waals surface area (Å²) < 4.78 is 32.6. The number of benzene rings is 2. The number of sulfonamides is 1. The average Bonchev–Trinajstić information content (AvgIpc) is 2.49. The maximum absolute atomic E-state index is 12.4. The van der Waals surface area contributed by atoms with Crippen LogP contribution in [0, 0.1) is 0 Å². The van der Waals surface area contributed by atoms with E-state index in [0.29, 0.717) is 12.4 Å². The molecule has 0 aliphatic heterocycles. The Morgan fingerprint density at radius 1 is 1.26 bits per heavy atom. The third-order valence-electron chi connectivity index (χ3n) is 2.90. The molecular weight excluding hydrogens is 342 g/mol. The highest BCUT2D eigenvalue weighted by Gasteiger charge is 2.18. The topological polar surface area (TPSA) is 95.5 Å². The van der Waals surface area contributed by atoms with Gasteiger partial charge >= 0.3 is 0 Å². The van der Waals surface area contributed by atoms with Crippen LogP contribution in [0.3, 0.4) is 0 Å². The van der Waals surface area contributed by atoms with Gasteiger partial charge in [-0.05, 0) is 37.3 Å². The number of carbonyl (C=O) groups excluding carboxylic acids is 1. The van der Waals surface area contributed by atoms with Gasteiger partial charge in [0.2, 0.25) is 0 Å². The Labute approximate surface area is 138 Å². The fraction of sp³-hybridized carbons (Fsp3) is 0.133. The third-order valence-corrected chi connectivity index (χ3v) is 4.59. The average molecular weight is 355 g/mol. The van der Waals surface area contributed by atoms with Crippen LogP contribution < -0.4 is 14.6 Å². The quantitative estimate of drug-likeness (QED) is 0.854. The van der Waals surface area contributed by atoms with Crippen molar-refractivity contribution in [1.82, 2.24) is 0 Å². The Hall–Kier alpha value is -2.25. The molecule has 0 unspecified atom stereocenters. The monoisotopic (exact) mass is 354 g/mol. The molecule has 2 rings (SSSR count). The first kappa shape index (κ1) is 17.1. The summed E-state index contributed by atoms with van der Waals surface area (Å²) in [6, 6.07) is 9.86. The molecule has 0 atom stereocenters. The number of nitrogens with one attached hydrogen (secondary N) is 1. The minimum atomic E-state index is -4.01. The summed E-state index contributed by atoms with van der Waals surface area (Å²) in [6.45, 7) is 2.14. The fourth-order valence-corrected chi connectivity index (χ4v) is 3.15. The Morgan fingerprint density at radius 2 is 1.96 bits per heavy atom. The predicted molar refractivity (Wildman–Crippen MR) is 84.2 cm³/mol. The second-order valence-corrected chi connectivity index (χ2v) is 6.55. The second-order valence-electron chi connectivity index (χ2n) is 4.46. The van der Waals surface area contributed by atoms with E-state index in [9.17, 15) is 18.3 Å². The minimum absolute atomic E-state index is 0.0985. The van der Waals surface area contributed by atoms with Gasteiger partial charge in [-0.3, -0.25) is 4.72 Å². The van der Waals surface area contributed by atoms with Gasteiger partial charge in [-0.25, -0.2) is 8.42 Å². The zero-order valence-corrected chi connectivity index (χ0v) is 13.6. The molecule has 0 aliphatic carbocycles. The van der Waals surface area contributed by atoms with Gasteiger partial charge in [0, 0.05) is 10.6 Å². The number of carboxylic acids is 1. The highest BCUT2D eigenvalue weighted by Crippen LogP contribution is 2.27. The third kappa shape index (κ3) is 3.94. The van der Waals surface area contributed by atoms with Crippen molar-refractivity contribution in [3.8, 4) is 5.75 Å². The summed E-state index contributed by atoms with van der Waals surface area (Å²) in [5.41, 5.74) is -0.146. The smallest absolute Gasteiger partial charge is 0.262 e. The van der Waals surface area contributed by atoms with Gasteiger partial charge < -0.3 is 14.6 Å². The van der Waals surface area contributed by atoms with Crippen molar-refractivity contribution in [3.05, 3.63) is 53.1 Å². The molecule has 0 heterocycles. The first-order valence-electron chi connectivity index (χ1n) is 6.60. The van der Waals surface area contributed by atoms with Crippen LogP contribution in [0.15, 0.2) is 47.4 Å². The molecule has 23 heavy (non-hydrogen) atoms. The molecule has 0 spiro atoms. The zero-order valence-electron chi connectivity index (χ0n) is 12.1. The van der Waals surface area contributed by atoms with Crippen LogP contribution in [0.5, 0.6) is 5.75 Å². The highest BCUT2D eigenvalue weighted by molar-refractivity contribution is 7.92.